The SMILES string of the molecule is CN(C(=O)Nc1cccc(Cl)c1)c1ccc(C(=O)O)cc1. The smallest absolute Gasteiger partial charge is 0.335 e. The Morgan fingerprint density at radius 3 is 2.38 bits per heavy atom. The Morgan fingerprint density at radius 1 is 1.14 bits per heavy atom. The molecule has 0 atom stereocenters. The molecule has 0 aromatic heterocycles. The van der Waals surface area contributed by atoms with E-state index >= 15 is 0 Å². The van der Waals surface area contributed by atoms with E-state index in [2.05, 4.69) is 5.32 Å². The highest BCUT2D eigenvalue weighted by Gasteiger charge is 2.12. The van der Waals surface area contributed by atoms with Crippen LogP contribution in [0.3, 0.4) is 0 Å². The first kappa shape index (κ1) is 14.9. The predicted molar refractivity (Wildman–Crippen MR) is 82.3 cm³/mol. The number of carboxylic acid groups (broad SMARTS) is 1. The summed E-state index contributed by atoms with van der Waals surface area (Å²) >= 11 is 5.85. The molecule has 0 fully saturated rings. The zero-order chi connectivity index (χ0) is 15.4. The molecule has 0 saturated heterocycles. The molecule has 2 aromatic rings. The second kappa shape index (κ2) is 6.28. The highest BCUT2D eigenvalue weighted by atomic mass is 35.5. The summed E-state index contributed by atoms with van der Waals surface area (Å²) in [5.74, 6) is -1.01. The number of anilines is 2. The Morgan fingerprint density at radius 2 is 1.81 bits per heavy atom. The van der Waals surface area contributed by atoms with Crippen molar-refractivity contribution in [1.82, 2.24) is 0 Å². The number of carbonyl (C=O) groups excluding carboxylic acids is 1. The molecule has 2 amide bonds. The normalized spacial score (nSPS) is 10.0. The molecule has 0 spiro atoms. The summed E-state index contributed by atoms with van der Waals surface area (Å²) in [6, 6.07) is 12.5. The topological polar surface area (TPSA) is 69.6 Å². The van der Waals surface area contributed by atoms with Crippen LogP contribution < -0.4 is 10.2 Å². The lowest BCUT2D eigenvalue weighted by Crippen LogP contribution is -2.31. The van der Waals surface area contributed by atoms with Crippen LogP contribution in [0.5, 0.6) is 0 Å². The van der Waals surface area contributed by atoms with Crippen LogP contribution in [0, 0.1) is 0 Å². The Kier molecular flexibility index (Phi) is 4.45. The van der Waals surface area contributed by atoms with Crippen molar-refractivity contribution in [2.75, 3.05) is 17.3 Å². The van der Waals surface area contributed by atoms with Gasteiger partial charge in [0.25, 0.3) is 0 Å². The standard InChI is InChI=1S/C15H13ClN2O3/c1-18(13-7-5-10(6-8-13)14(19)20)15(21)17-12-4-2-3-11(16)9-12/h2-9H,1H3,(H,17,21)(H,19,20). The molecule has 0 aliphatic heterocycles. The predicted octanol–water partition coefficient (Wildman–Crippen LogP) is 3.71. The number of rotatable bonds is 3. The monoisotopic (exact) mass is 304 g/mol. The number of carbonyl (C=O) groups is 2. The molecule has 21 heavy (non-hydrogen) atoms. The Bertz CT molecular complexity index is 671. The Balaban J connectivity index is 2.10. The number of aromatic carboxylic acids is 1. The van der Waals surface area contributed by atoms with Crippen LogP contribution in [-0.2, 0) is 0 Å². The van der Waals surface area contributed by atoms with Crippen LogP contribution >= 0.6 is 11.6 Å². The van der Waals surface area contributed by atoms with E-state index in [1.54, 1.807) is 43.4 Å². The minimum atomic E-state index is -1.01. The van der Waals surface area contributed by atoms with E-state index < -0.39 is 5.97 Å². The van der Waals surface area contributed by atoms with E-state index in [1.165, 1.54) is 17.0 Å². The largest absolute Gasteiger partial charge is 0.478 e. The highest BCUT2D eigenvalue weighted by Crippen LogP contribution is 2.18. The molecule has 108 valence electrons. The summed E-state index contributed by atoms with van der Waals surface area (Å²) in [6.07, 6.45) is 0. The molecule has 0 heterocycles. The molecule has 0 aliphatic carbocycles. The van der Waals surface area contributed by atoms with Gasteiger partial charge in [-0.15, -0.1) is 0 Å². The molecule has 5 nitrogen and oxygen atoms in total. The number of hydrogen-bond donors (Lipinski definition) is 2. The van der Waals surface area contributed by atoms with Crippen molar-refractivity contribution in [2.45, 2.75) is 0 Å². The van der Waals surface area contributed by atoms with E-state index in [0.29, 0.717) is 16.4 Å². The fraction of sp³-hybridized carbons (Fsp3) is 0.0667. The number of amides is 2. The van der Waals surface area contributed by atoms with E-state index in [9.17, 15) is 9.59 Å². The maximum atomic E-state index is 12.1. The van der Waals surface area contributed by atoms with Gasteiger partial charge in [0, 0.05) is 23.4 Å². The van der Waals surface area contributed by atoms with E-state index in [1.807, 2.05) is 0 Å². The van der Waals surface area contributed by atoms with Gasteiger partial charge in [0.2, 0.25) is 0 Å². The molecule has 0 unspecified atom stereocenters. The molecule has 0 bridgehead atoms. The Hall–Kier alpha value is -2.53. The summed E-state index contributed by atoms with van der Waals surface area (Å²) in [5, 5.41) is 12.1. The second-order valence-electron chi connectivity index (χ2n) is 4.35. The van der Waals surface area contributed by atoms with Gasteiger partial charge in [-0.05, 0) is 42.5 Å². The third-order valence-electron chi connectivity index (χ3n) is 2.88. The van der Waals surface area contributed by atoms with Crippen molar-refractivity contribution in [2.24, 2.45) is 0 Å². The van der Waals surface area contributed by atoms with Crippen LogP contribution in [0.15, 0.2) is 48.5 Å². The summed E-state index contributed by atoms with van der Waals surface area (Å²) in [7, 11) is 1.59. The first-order valence-electron chi connectivity index (χ1n) is 6.11. The molecule has 0 radical (unpaired) electrons. The van der Waals surface area contributed by atoms with Crippen molar-refractivity contribution in [3.8, 4) is 0 Å². The van der Waals surface area contributed by atoms with Gasteiger partial charge in [-0.1, -0.05) is 17.7 Å². The van der Waals surface area contributed by atoms with Crippen molar-refractivity contribution in [1.29, 1.82) is 0 Å². The fourth-order valence-corrected chi connectivity index (χ4v) is 1.91. The number of carboxylic acids is 1. The maximum Gasteiger partial charge on any atom is 0.335 e. The van der Waals surface area contributed by atoms with Crippen molar-refractivity contribution in [3.05, 3.63) is 59.1 Å². The van der Waals surface area contributed by atoms with Gasteiger partial charge >= 0.3 is 12.0 Å². The minimum absolute atomic E-state index is 0.169. The second-order valence-corrected chi connectivity index (χ2v) is 4.79. The van der Waals surface area contributed by atoms with Crippen molar-refractivity contribution >= 4 is 35.0 Å². The molecule has 2 N–H and O–H groups in total. The van der Waals surface area contributed by atoms with Gasteiger partial charge in [0.05, 0.1) is 5.56 Å². The van der Waals surface area contributed by atoms with Crippen LogP contribution in [0.25, 0.3) is 0 Å². The lowest BCUT2D eigenvalue weighted by molar-refractivity contribution is 0.0697. The average Bonchev–Trinajstić information content (AvgIpc) is 2.46. The lowest BCUT2D eigenvalue weighted by atomic mass is 10.2. The average molecular weight is 305 g/mol. The zero-order valence-electron chi connectivity index (χ0n) is 11.2. The van der Waals surface area contributed by atoms with Gasteiger partial charge < -0.3 is 10.4 Å². The van der Waals surface area contributed by atoms with Gasteiger partial charge in [-0.25, -0.2) is 9.59 Å². The number of hydrogen-bond acceptors (Lipinski definition) is 2. The van der Waals surface area contributed by atoms with Crippen molar-refractivity contribution < 1.29 is 14.7 Å². The number of urea groups is 1. The van der Waals surface area contributed by atoms with Gasteiger partial charge in [-0.2, -0.15) is 0 Å². The lowest BCUT2D eigenvalue weighted by Gasteiger charge is -2.18. The molecule has 0 aliphatic rings. The van der Waals surface area contributed by atoms with E-state index in [-0.39, 0.29) is 11.6 Å². The number of nitrogens with one attached hydrogen (secondary N) is 1. The summed E-state index contributed by atoms with van der Waals surface area (Å²) in [6.45, 7) is 0. The molecular weight excluding hydrogens is 292 g/mol. The summed E-state index contributed by atoms with van der Waals surface area (Å²) in [4.78, 5) is 24.3. The van der Waals surface area contributed by atoms with Crippen LogP contribution in [0.4, 0.5) is 16.2 Å². The zero-order valence-corrected chi connectivity index (χ0v) is 12.0. The van der Waals surface area contributed by atoms with Crippen molar-refractivity contribution in [3.63, 3.8) is 0 Å². The molecule has 6 heteroatoms. The third kappa shape index (κ3) is 3.73. The summed E-state index contributed by atoms with van der Waals surface area (Å²) in [5.41, 5.74) is 1.34. The van der Waals surface area contributed by atoms with Crippen LogP contribution in [-0.4, -0.2) is 24.2 Å². The molecular formula is C15H13ClN2O3. The molecule has 2 aromatic carbocycles. The van der Waals surface area contributed by atoms with E-state index in [4.69, 9.17) is 16.7 Å². The first-order valence-corrected chi connectivity index (χ1v) is 6.49. The number of nitrogens with zero attached hydrogens (tertiary/aromatic N) is 1. The minimum Gasteiger partial charge on any atom is -0.478 e. The molecule has 0 saturated carbocycles. The molecule has 2 rings (SSSR count). The van der Waals surface area contributed by atoms with E-state index in [0.717, 1.165) is 0 Å². The third-order valence-corrected chi connectivity index (χ3v) is 3.12. The first-order chi connectivity index (χ1) is 9.97. The van der Waals surface area contributed by atoms with Crippen LogP contribution in [0.2, 0.25) is 5.02 Å². The van der Waals surface area contributed by atoms with Gasteiger partial charge in [0.1, 0.15) is 0 Å². The maximum absolute atomic E-state index is 12.1. The van der Waals surface area contributed by atoms with Crippen LogP contribution in [0.1, 0.15) is 10.4 Å². The Labute approximate surface area is 126 Å². The van der Waals surface area contributed by atoms with Gasteiger partial charge in [0.15, 0.2) is 0 Å². The number of halogens is 1. The number of benzene rings is 2. The highest BCUT2D eigenvalue weighted by molar-refractivity contribution is 6.30. The quantitative estimate of drug-likeness (QED) is 0.908. The van der Waals surface area contributed by atoms with Gasteiger partial charge in [-0.3, -0.25) is 4.90 Å². The summed E-state index contributed by atoms with van der Waals surface area (Å²) < 4.78 is 0. The fourth-order valence-electron chi connectivity index (χ4n) is 1.72.